The van der Waals surface area contributed by atoms with Crippen LogP contribution >= 0.6 is 0 Å². The second-order valence-electron chi connectivity index (χ2n) is 9.26. The van der Waals surface area contributed by atoms with Gasteiger partial charge in [-0.2, -0.15) is 4.98 Å². The van der Waals surface area contributed by atoms with Gasteiger partial charge < -0.3 is 10.1 Å². The van der Waals surface area contributed by atoms with E-state index in [9.17, 15) is 8.42 Å². The molecule has 1 fully saturated rings. The Kier molecular flexibility index (Phi) is 6.41. The third-order valence-electron chi connectivity index (χ3n) is 6.64. The molecule has 1 saturated carbocycles. The standard InChI is InChI=1S/C26H30N4O3S/c1-18-8-5-6-13-23(18)24-16-25-29-26(28-24)30-34(31,32)22-12-7-11-20(15-22)27-21(17-33-25)14-19-9-3-2-4-10-19/h5-8,11-13,15-16,19,21,27H,2-4,9-10,14,17H2,1H3,(H,28,29,30)/t21-/m1/s1. The van der Waals surface area contributed by atoms with Crippen molar-refractivity contribution in [1.82, 2.24) is 9.97 Å². The fourth-order valence-corrected chi connectivity index (χ4v) is 5.88. The molecule has 1 atom stereocenters. The molecule has 3 aromatic rings. The van der Waals surface area contributed by atoms with Crippen molar-refractivity contribution in [3.05, 3.63) is 60.2 Å². The van der Waals surface area contributed by atoms with Crippen molar-refractivity contribution < 1.29 is 13.2 Å². The van der Waals surface area contributed by atoms with Crippen LogP contribution in [0.4, 0.5) is 11.6 Å². The third-order valence-corrected chi connectivity index (χ3v) is 7.97. The quantitative estimate of drug-likeness (QED) is 0.524. The summed E-state index contributed by atoms with van der Waals surface area (Å²) in [5, 5.41) is 3.52. The van der Waals surface area contributed by atoms with Crippen LogP contribution in [0, 0.1) is 12.8 Å². The second-order valence-corrected chi connectivity index (χ2v) is 10.9. The zero-order chi connectivity index (χ0) is 23.5. The summed E-state index contributed by atoms with van der Waals surface area (Å²) in [6.07, 6.45) is 7.28. The average Bonchev–Trinajstić information content (AvgIpc) is 2.83. The van der Waals surface area contributed by atoms with Crippen LogP contribution in [0.5, 0.6) is 5.88 Å². The molecule has 1 aromatic heterocycles. The predicted molar refractivity (Wildman–Crippen MR) is 134 cm³/mol. The lowest BCUT2D eigenvalue weighted by Crippen LogP contribution is -2.31. The molecule has 0 saturated heterocycles. The van der Waals surface area contributed by atoms with E-state index in [4.69, 9.17) is 4.74 Å². The molecule has 0 radical (unpaired) electrons. The van der Waals surface area contributed by atoms with Gasteiger partial charge >= 0.3 is 0 Å². The fourth-order valence-electron chi connectivity index (χ4n) is 4.89. The maximum Gasteiger partial charge on any atom is 0.264 e. The summed E-state index contributed by atoms with van der Waals surface area (Å²) in [5.41, 5.74) is 3.31. The summed E-state index contributed by atoms with van der Waals surface area (Å²) in [5.74, 6) is 0.990. The van der Waals surface area contributed by atoms with Crippen molar-refractivity contribution in [1.29, 1.82) is 0 Å². The highest BCUT2D eigenvalue weighted by Crippen LogP contribution is 2.30. The van der Waals surface area contributed by atoms with Gasteiger partial charge in [0.1, 0.15) is 6.61 Å². The highest BCUT2D eigenvalue weighted by Gasteiger charge is 2.23. The predicted octanol–water partition coefficient (Wildman–Crippen LogP) is 5.40. The van der Waals surface area contributed by atoms with E-state index >= 15 is 0 Å². The van der Waals surface area contributed by atoms with Crippen LogP contribution in [0.1, 0.15) is 44.1 Å². The summed E-state index contributed by atoms with van der Waals surface area (Å²) in [4.78, 5) is 9.07. The number of anilines is 2. The molecule has 0 unspecified atom stereocenters. The van der Waals surface area contributed by atoms with E-state index in [1.54, 1.807) is 24.3 Å². The van der Waals surface area contributed by atoms with Crippen LogP contribution in [0.2, 0.25) is 0 Å². The first-order chi connectivity index (χ1) is 16.5. The number of rotatable bonds is 3. The Morgan fingerprint density at radius 2 is 1.82 bits per heavy atom. The molecule has 178 valence electrons. The van der Waals surface area contributed by atoms with E-state index in [0.717, 1.165) is 23.2 Å². The number of hydrogen-bond donors (Lipinski definition) is 2. The van der Waals surface area contributed by atoms with Crippen LogP contribution < -0.4 is 14.8 Å². The number of ether oxygens (including phenoxy) is 1. The number of aromatic nitrogens is 2. The molecule has 1 aliphatic carbocycles. The van der Waals surface area contributed by atoms with Gasteiger partial charge in [-0.1, -0.05) is 62.4 Å². The number of aryl methyl sites for hydroxylation is 1. The summed E-state index contributed by atoms with van der Waals surface area (Å²) in [6, 6.07) is 16.5. The molecule has 4 bridgehead atoms. The van der Waals surface area contributed by atoms with E-state index in [1.807, 2.05) is 37.3 Å². The molecule has 2 N–H and O–H groups in total. The zero-order valence-electron chi connectivity index (χ0n) is 19.3. The van der Waals surface area contributed by atoms with Crippen molar-refractivity contribution in [3.8, 4) is 17.1 Å². The molecule has 8 heteroatoms. The first kappa shape index (κ1) is 22.7. The van der Waals surface area contributed by atoms with Crippen molar-refractivity contribution in [2.45, 2.75) is 56.4 Å². The zero-order valence-corrected chi connectivity index (χ0v) is 20.1. The van der Waals surface area contributed by atoms with Crippen molar-refractivity contribution in [2.24, 2.45) is 5.92 Å². The topological polar surface area (TPSA) is 93.2 Å². The van der Waals surface area contributed by atoms with Gasteiger partial charge in [-0.15, -0.1) is 0 Å². The molecule has 2 aromatic carbocycles. The number of fused-ring (bicyclic) bond motifs is 4. The molecule has 0 spiro atoms. The van der Waals surface area contributed by atoms with Crippen LogP contribution in [0.15, 0.2) is 59.5 Å². The average molecular weight is 479 g/mol. The summed E-state index contributed by atoms with van der Waals surface area (Å²) in [6.45, 7) is 2.42. The number of sulfonamides is 1. The van der Waals surface area contributed by atoms with Crippen LogP contribution in [-0.2, 0) is 10.0 Å². The minimum atomic E-state index is -3.87. The maximum absolute atomic E-state index is 13.1. The maximum atomic E-state index is 13.1. The molecule has 7 nitrogen and oxygen atoms in total. The molecular weight excluding hydrogens is 448 g/mol. The molecule has 34 heavy (non-hydrogen) atoms. The summed E-state index contributed by atoms with van der Waals surface area (Å²) in [7, 11) is -3.87. The van der Waals surface area contributed by atoms with E-state index in [1.165, 1.54) is 32.1 Å². The third kappa shape index (κ3) is 5.17. The lowest BCUT2D eigenvalue weighted by Gasteiger charge is -2.28. The monoisotopic (exact) mass is 478 g/mol. The smallest absolute Gasteiger partial charge is 0.264 e. The minimum Gasteiger partial charge on any atom is -0.475 e. The van der Waals surface area contributed by atoms with Gasteiger partial charge in [0.15, 0.2) is 0 Å². The van der Waals surface area contributed by atoms with Crippen molar-refractivity contribution in [2.75, 3.05) is 16.6 Å². The van der Waals surface area contributed by atoms with Gasteiger partial charge in [-0.3, -0.25) is 0 Å². The second kappa shape index (κ2) is 9.62. The summed E-state index contributed by atoms with van der Waals surface area (Å²) < 4.78 is 35.0. The Morgan fingerprint density at radius 3 is 2.65 bits per heavy atom. The highest BCUT2D eigenvalue weighted by atomic mass is 32.2. The van der Waals surface area contributed by atoms with E-state index in [0.29, 0.717) is 24.1 Å². The molecule has 2 aliphatic rings. The van der Waals surface area contributed by atoms with Crippen LogP contribution in [0.3, 0.4) is 0 Å². The van der Waals surface area contributed by atoms with E-state index < -0.39 is 10.0 Å². The van der Waals surface area contributed by atoms with Crippen LogP contribution in [-0.4, -0.2) is 31.0 Å². The van der Waals surface area contributed by atoms with Crippen LogP contribution in [0.25, 0.3) is 11.3 Å². The van der Waals surface area contributed by atoms with Gasteiger partial charge in [0.25, 0.3) is 10.0 Å². The Hall–Kier alpha value is -3.13. The first-order valence-corrected chi connectivity index (χ1v) is 13.4. The SMILES string of the molecule is Cc1ccccc1-c1cc2nc(n1)NS(=O)(=O)c1cccc(c1)N[C@H](CC1CCCCC1)CO2. The van der Waals surface area contributed by atoms with E-state index in [-0.39, 0.29) is 16.9 Å². The van der Waals surface area contributed by atoms with Gasteiger partial charge in [0.05, 0.1) is 16.6 Å². The normalized spacial score (nSPS) is 20.1. The van der Waals surface area contributed by atoms with Gasteiger partial charge in [0, 0.05) is 17.3 Å². The van der Waals surface area contributed by atoms with E-state index in [2.05, 4.69) is 20.0 Å². The number of nitrogens with zero attached hydrogens (tertiary/aromatic N) is 2. The first-order valence-electron chi connectivity index (χ1n) is 11.9. The largest absolute Gasteiger partial charge is 0.475 e. The number of nitrogens with one attached hydrogen (secondary N) is 2. The number of benzene rings is 2. The van der Waals surface area contributed by atoms with Crippen molar-refractivity contribution >= 4 is 21.7 Å². The minimum absolute atomic E-state index is 0.00137. The highest BCUT2D eigenvalue weighted by molar-refractivity contribution is 7.92. The van der Waals surface area contributed by atoms with Gasteiger partial charge in [0.2, 0.25) is 11.8 Å². The lowest BCUT2D eigenvalue weighted by molar-refractivity contribution is 0.247. The Morgan fingerprint density at radius 1 is 1.00 bits per heavy atom. The van der Waals surface area contributed by atoms with Crippen molar-refractivity contribution in [3.63, 3.8) is 0 Å². The lowest BCUT2D eigenvalue weighted by atomic mass is 9.85. The molecule has 1 aliphatic heterocycles. The van der Waals surface area contributed by atoms with Gasteiger partial charge in [-0.05, 0) is 43.0 Å². The Balaban J connectivity index is 1.54. The molecule has 5 rings (SSSR count). The molecule has 0 amide bonds. The molecular formula is C26H30N4O3S. The number of hydrogen-bond acceptors (Lipinski definition) is 6. The Labute approximate surface area is 201 Å². The molecule has 2 heterocycles. The van der Waals surface area contributed by atoms with Gasteiger partial charge in [-0.25, -0.2) is 18.1 Å². The summed E-state index contributed by atoms with van der Waals surface area (Å²) >= 11 is 0. The Bertz CT molecular complexity index is 1270. The fraction of sp³-hybridized carbons (Fsp3) is 0.385.